The van der Waals surface area contributed by atoms with Crippen molar-refractivity contribution in [3.05, 3.63) is 121 Å². The summed E-state index contributed by atoms with van der Waals surface area (Å²) >= 11 is 0. The van der Waals surface area contributed by atoms with Gasteiger partial charge in [0.2, 0.25) is 0 Å². The van der Waals surface area contributed by atoms with Crippen molar-refractivity contribution in [3.8, 4) is 17.1 Å². The Kier molecular flexibility index (Phi) is 4.89. The minimum absolute atomic E-state index is 0.824. The number of pyridine rings is 1. The second kappa shape index (κ2) is 8.34. The maximum atomic E-state index is 8.34. The molecule has 0 aliphatic rings. The fraction of sp³-hybridized carbons (Fsp3) is 0. The van der Waals surface area contributed by atoms with Gasteiger partial charge in [0, 0.05) is 39.5 Å². The van der Waals surface area contributed by atoms with E-state index < -0.39 is 0 Å². The molecule has 0 unspecified atom stereocenters. The normalized spacial score (nSPS) is 11.1. The van der Waals surface area contributed by atoms with Crippen LogP contribution in [0.25, 0.3) is 38.9 Å². The lowest BCUT2D eigenvalue weighted by Gasteiger charge is -2.14. The molecule has 4 heteroatoms. The molecule has 0 aliphatic heterocycles. The molecule has 0 radical (unpaired) electrons. The fourth-order valence-electron chi connectivity index (χ4n) is 4.57. The summed E-state index contributed by atoms with van der Waals surface area (Å²) in [4.78, 5) is 5.04. The molecule has 0 fully saturated rings. The Labute approximate surface area is 197 Å². The fourth-order valence-corrected chi connectivity index (χ4v) is 4.57. The lowest BCUT2D eigenvalue weighted by molar-refractivity contribution is 1.08. The Morgan fingerprint density at radius 3 is 2.21 bits per heavy atom. The molecule has 0 saturated heterocycles. The molecular weight excluding hydrogens is 416 g/mol. The summed E-state index contributed by atoms with van der Waals surface area (Å²) < 4.78 is 2.17. The number of hydrogen-bond acceptors (Lipinski definition) is 3. The molecular formula is C30H22N4. The molecule has 162 valence electrons. The van der Waals surface area contributed by atoms with Gasteiger partial charge in [0.1, 0.15) is 5.82 Å². The molecule has 4 aromatic carbocycles. The Morgan fingerprint density at radius 2 is 1.41 bits per heavy atom. The zero-order valence-electron chi connectivity index (χ0n) is 18.4. The predicted molar refractivity (Wildman–Crippen MR) is 142 cm³/mol. The first-order valence-electron chi connectivity index (χ1n) is 11.2. The van der Waals surface area contributed by atoms with E-state index in [1.54, 1.807) is 0 Å². The number of fused-ring (bicyclic) bond motifs is 3. The molecule has 0 amide bonds. The number of aromatic nitrogens is 2. The Morgan fingerprint density at radius 1 is 0.676 bits per heavy atom. The maximum Gasteiger partial charge on any atom is 0.138 e. The van der Waals surface area contributed by atoms with Crippen LogP contribution in [0.1, 0.15) is 5.56 Å². The van der Waals surface area contributed by atoms with Crippen molar-refractivity contribution < 1.29 is 0 Å². The van der Waals surface area contributed by atoms with Gasteiger partial charge >= 0.3 is 0 Å². The molecule has 2 heterocycles. The highest BCUT2D eigenvalue weighted by atomic mass is 15.1. The molecule has 4 nitrogen and oxygen atoms in total. The van der Waals surface area contributed by atoms with Crippen molar-refractivity contribution in [2.45, 2.75) is 0 Å². The van der Waals surface area contributed by atoms with Gasteiger partial charge in [-0.3, -0.25) is 4.57 Å². The summed E-state index contributed by atoms with van der Waals surface area (Å²) in [7, 11) is 0. The summed E-state index contributed by atoms with van der Waals surface area (Å²) in [6.45, 7) is 0. The lowest BCUT2D eigenvalue weighted by atomic mass is 10.1. The van der Waals surface area contributed by atoms with Crippen molar-refractivity contribution in [1.29, 1.82) is 5.41 Å². The number of anilines is 2. The average Bonchev–Trinajstić information content (AvgIpc) is 3.24. The van der Waals surface area contributed by atoms with Gasteiger partial charge in [0.15, 0.2) is 0 Å². The first-order chi connectivity index (χ1) is 16.8. The second-order valence-electron chi connectivity index (χ2n) is 8.16. The molecule has 34 heavy (non-hydrogen) atoms. The number of nitrogens with zero attached hydrogens (tertiary/aromatic N) is 2. The van der Waals surface area contributed by atoms with E-state index in [2.05, 4.69) is 52.3 Å². The maximum absolute atomic E-state index is 8.34. The quantitative estimate of drug-likeness (QED) is 0.272. The van der Waals surface area contributed by atoms with E-state index >= 15 is 0 Å². The number of rotatable bonds is 5. The van der Waals surface area contributed by atoms with Gasteiger partial charge < -0.3 is 10.7 Å². The highest BCUT2D eigenvalue weighted by Crippen LogP contribution is 2.37. The van der Waals surface area contributed by atoms with Crippen LogP contribution in [-0.2, 0) is 0 Å². The van der Waals surface area contributed by atoms with E-state index in [-0.39, 0.29) is 0 Å². The van der Waals surface area contributed by atoms with E-state index in [4.69, 9.17) is 10.4 Å². The lowest BCUT2D eigenvalue weighted by Crippen LogP contribution is -2.02. The Hall–Kier alpha value is -4.70. The molecule has 0 bridgehead atoms. The molecule has 2 aromatic heterocycles. The van der Waals surface area contributed by atoms with E-state index in [1.807, 2.05) is 72.8 Å². The van der Waals surface area contributed by atoms with Gasteiger partial charge in [0.05, 0.1) is 16.7 Å². The zero-order chi connectivity index (χ0) is 22.9. The smallest absolute Gasteiger partial charge is 0.138 e. The average molecular weight is 439 g/mol. The zero-order valence-corrected chi connectivity index (χ0v) is 18.4. The van der Waals surface area contributed by atoms with Crippen molar-refractivity contribution in [3.63, 3.8) is 0 Å². The summed E-state index contributed by atoms with van der Waals surface area (Å²) in [6.07, 6.45) is 1.43. The van der Waals surface area contributed by atoms with Crippen LogP contribution in [0.2, 0.25) is 0 Å². The van der Waals surface area contributed by atoms with Gasteiger partial charge in [-0.2, -0.15) is 0 Å². The highest BCUT2D eigenvalue weighted by Gasteiger charge is 2.18. The SMILES string of the molecule is N=Cc1c(Nc2ccccc2)ccc2c3ccccc3n(-c3cccc(-c4ccccc4)n3)c12. The largest absolute Gasteiger partial charge is 0.355 e. The summed E-state index contributed by atoms with van der Waals surface area (Å²) in [5.41, 5.74) is 6.71. The number of hydrogen-bond donors (Lipinski definition) is 2. The van der Waals surface area contributed by atoms with Crippen molar-refractivity contribution >= 4 is 39.4 Å². The van der Waals surface area contributed by atoms with E-state index in [0.29, 0.717) is 0 Å². The molecule has 0 aliphatic carbocycles. The van der Waals surface area contributed by atoms with Crippen LogP contribution in [0, 0.1) is 5.41 Å². The van der Waals surface area contributed by atoms with Gasteiger partial charge in [-0.05, 0) is 36.4 Å². The molecule has 0 saturated carbocycles. The minimum atomic E-state index is 0.824. The summed E-state index contributed by atoms with van der Waals surface area (Å²) in [5.74, 6) is 0.826. The first-order valence-corrected chi connectivity index (χ1v) is 11.2. The minimum Gasteiger partial charge on any atom is -0.355 e. The van der Waals surface area contributed by atoms with E-state index in [9.17, 15) is 0 Å². The van der Waals surface area contributed by atoms with E-state index in [1.165, 1.54) is 6.21 Å². The first kappa shape index (κ1) is 19.9. The number of para-hydroxylation sites is 2. The van der Waals surface area contributed by atoms with Gasteiger partial charge in [0.25, 0.3) is 0 Å². The van der Waals surface area contributed by atoms with Crippen LogP contribution in [0.4, 0.5) is 11.4 Å². The number of benzene rings is 4. The molecule has 0 atom stereocenters. The molecule has 6 rings (SSSR count). The van der Waals surface area contributed by atoms with Crippen LogP contribution in [0.15, 0.2) is 115 Å². The predicted octanol–water partition coefficient (Wildman–Crippen LogP) is 7.59. The molecule has 6 aromatic rings. The van der Waals surface area contributed by atoms with Crippen LogP contribution >= 0.6 is 0 Å². The monoisotopic (exact) mass is 438 g/mol. The Balaban J connectivity index is 1.63. The molecule has 0 spiro atoms. The van der Waals surface area contributed by atoms with Crippen LogP contribution in [0.5, 0.6) is 0 Å². The van der Waals surface area contributed by atoms with Crippen molar-refractivity contribution in [2.75, 3.05) is 5.32 Å². The van der Waals surface area contributed by atoms with Crippen LogP contribution in [-0.4, -0.2) is 15.8 Å². The third-order valence-electron chi connectivity index (χ3n) is 6.11. The summed E-state index contributed by atoms with van der Waals surface area (Å²) in [6, 6.07) is 38.9. The topological polar surface area (TPSA) is 53.7 Å². The number of nitrogens with one attached hydrogen (secondary N) is 2. The summed E-state index contributed by atoms with van der Waals surface area (Å²) in [5, 5.41) is 14.1. The van der Waals surface area contributed by atoms with Gasteiger partial charge in [-0.15, -0.1) is 0 Å². The van der Waals surface area contributed by atoms with Crippen LogP contribution in [0.3, 0.4) is 0 Å². The third-order valence-corrected chi connectivity index (χ3v) is 6.11. The van der Waals surface area contributed by atoms with Gasteiger partial charge in [-0.25, -0.2) is 4.98 Å². The standard InChI is InChI=1S/C30H22N4/c31-20-25-27(32-22-12-5-2-6-13-22)19-18-24-23-14-7-8-16-28(23)34(30(24)25)29-17-9-15-26(33-29)21-10-3-1-4-11-21/h1-20,31-32H. The van der Waals surface area contributed by atoms with Gasteiger partial charge in [-0.1, -0.05) is 78.9 Å². The third kappa shape index (κ3) is 3.33. The van der Waals surface area contributed by atoms with Crippen molar-refractivity contribution in [2.24, 2.45) is 0 Å². The molecule has 2 N–H and O–H groups in total. The second-order valence-corrected chi connectivity index (χ2v) is 8.16. The van der Waals surface area contributed by atoms with Crippen LogP contribution < -0.4 is 5.32 Å². The Bertz CT molecular complexity index is 1630. The highest BCUT2D eigenvalue weighted by molar-refractivity contribution is 6.16. The van der Waals surface area contributed by atoms with Crippen molar-refractivity contribution in [1.82, 2.24) is 9.55 Å². The van der Waals surface area contributed by atoms with E-state index in [0.717, 1.165) is 55.8 Å².